The zero-order chi connectivity index (χ0) is 18.8. The summed E-state index contributed by atoms with van der Waals surface area (Å²) in [6.07, 6.45) is 0. The van der Waals surface area contributed by atoms with Crippen LogP contribution in [-0.2, 0) is 9.78 Å². The standard InChI is InChI=1S/C14H10O4.C8H10/c15-13(11-7-3-1-4-8-11)17-18-14(16)12-9-5-2-6-10-12;1-7-5-3-4-6-8(7)2/h1-10H;3-6H,1-2H3. The first-order chi connectivity index (χ1) is 12.6. The Bertz CT molecular complexity index is 770. The van der Waals surface area contributed by atoms with E-state index in [1.807, 2.05) is 0 Å². The third-order valence-electron chi connectivity index (χ3n) is 3.64. The number of aryl methyl sites for hydroxylation is 2. The van der Waals surface area contributed by atoms with Crippen molar-refractivity contribution >= 4 is 11.9 Å². The van der Waals surface area contributed by atoms with E-state index in [1.165, 1.54) is 11.1 Å². The van der Waals surface area contributed by atoms with Crippen molar-refractivity contribution in [3.8, 4) is 0 Å². The molecule has 0 saturated heterocycles. The molecule has 0 N–H and O–H groups in total. The first-order valence-corrected chi connectivity index (χ1v) is 8.13. The number of carbonyl (C=O) groups is 2. The fraction of sp³-hybridized carbons (Fsp3) is 0.0909. The van der Waals surface area contributed by atoms with Gasteiger partial charge in [0.2, 0.25) is 0 Å². The van der Waals surface area contributed by atoms with Crippen LogP contribution in [0.1, 0.15) is 31.8 Å². The maximum atomic E-state index is 11.5. The Kier molecular flexibility index (Phi) is 7.13. The van der Waals surface area contributed by atoms with Crippen LogP contribution >= 0.6 is 0 Å². The van der Waals surface area contributed by atoms with E-state index in [9.17, 15) is 9.59 Å². The summed E-state index contributed by atoms with van der Waals surface area (Å²) in [4.78, 5) is 31.9. The summed E-state index contributed by atoms with van der Waals surface area (Å²) in [5, 5.41) is 0. The maximum Gasteiger partial charge on any atom is 0.386 e. The number of benzene rings is 3. The summed E-state index contributed by atoms with van der Waals surface area (Å²) in [5.74, 6) is -1.42. The molecule has 0 fully saturated rings. The van der Waals surface area contributed by atoms with Gasteiger partial charge in [-0.15, -0.1) is 0 Å². The second kappa shape index (κ2) is 9.79. The lowest BCUT2D eigenvalue weighted by molar-refractivity contribution is -0.187. The maximum absolute atomic E-state index is 11.5. The Hall–Kier alpha value is -3.40. The van der Waals surface area contributed by atoms with Crippen LogP contribution in [0.25, 0.3) is 0 Å². The van der Waals surface area contributed by atoms with Crippen LogP contribution in [-0.4, -0.2) is 11.9 Å². The fourth-order valence-electron chi connectivity index (χ4n) is 1.98. The molecule has 3 aromatic carbocycles. The molecule has 26 heavy (non-hydrogen) atoms. The highest BCUT2D eigenvalue weighted by molar-refractivity contribution is 5.92. The van der Waals surface area contributed by atoms with E-state index in [0.717, 1.165) is 0 Å². The molecule has 0 heterocycles. The number of rotatable bonds is 2. The smallest absolute Gasteiger partial charge is 0.242 e. The monoisotopic (exact) mass is 348 g/mol. The molecule has 0 saturated carbocycles. The second-order valence-corrected chi connectivity index (χ2v) is 5.56. The lowest BCUT2D eigenvalue weighted by Crippen LogP contribution is -2.11. The molecule has 4 nitrogen and oxygen atoms in total. The molecule has 0 aliphatic rings. The average Bonchev–Trinajstić information content (AvgIpc) is 2.70. The summed E-state index contributed by atoms with van der Waals surface area (Å²) in [6.45, 7) is 4.24. The topological polar surface area (TPSA) is 52.6 Å². The molecule has 0 bridgehead atoms. The van der Waals surface area contributed by atoms with Gasteiger partial charge in [0.25, 0.3) is 0 Å². The van der Waals surface area contributed by atoms with Crippen LogP contribution in [0, 0.1) is 13.8 Å². The molecule has 0 aliphatic carbocycles. The first-order valence-electron chi connectivity index (χ1n) is 8.13. The zero-order valence-electron chi connectivity index (χ0n) is 14.7. The van der Waals surface area contributed by atoms with Gasteiger partial charge in [-0.2, -0.15) is 0 Å². The summed E-state index contributed by atoms with van der Waals surface area (Å²) in [6, 6.07) is 24.9. The van der Waals surface area contributed by atoms with Crippen molar-refractivity contribution in [2.45, 2.75) is 13.8 Å². The van der Waals surface area contributed by atoms with Crippen LogP contribution in [0.2, 0.25) is 0 Å². The molecule has 3 rings (SSSR count). The van der Waals surface area contributed by atoms with Crippen LogP contribution in [0.15, 0.2) is 84.9 Å². The molecule has 0 atom stereocenters. The summed E-state index contributed by atoms with van der Waals surface area (Å²) < 4.78 is 0. The van der Waals surface area contributed by atoms with Crippen LogP contribution < -0.4 is 0 Å². The minimum absolute atomic E-state index is 0.318. The molecule has 0 aliphatic heterocycles. The van der Waals surface area contributed by atoms with Gasteiger partial charge in [0, 0.05) is 0 Å². The Morgan fingerprint density at radius 3 is 1.15 bits per heavy atom. The molecule has 0 radical (unpaired) electrons. The molecular weight excluding hydrogens is 328 g/mol. The Morgan fingerprint density at radius 2 is 0.846 bits per heavy atom. The van der Waals surface area contributed by atoms with Crippen molar-refractivity contribution in [3.05, 3.63) is 107 Å². The molecule has 0 spiro atoms. The van der Waals surface area contributed by atoms with Crippen molar-refractivity contribution in [2.75, 3.05) is 0 Å². The van der Waals surface area contributed by atoms with E-state index in [4.69, 9.17) is 0 Å². The van der Waals surface area contributed by atoms with E-state index < -0.39 is 11.9 Å². The predicted octanol–water partition coefficient (Wildman–Crippen LogP) is 4.92. The van der Waals surface area contributed by atoms with E-state index in [2.05, 4.69) is 47.9 Å². The first kappa shape index (κ1) is 18.9. The molecule has 3 aromatic rings. The van der Waals surface area contributed by atoms with Gasteiger partial charge in [-0.1, -0.05) is 60.7 Å². The molecule has 0 aromatic heterocycles. The van der Waals surface area contributed by atoms with Crippen LogP contribution in [0.4, 0.5) is 0 Å². The van der Waals surface area contributed by atoms with E-state index in [-0.39, 0.29) is 0 Å². The van der Waals surface area contributed by atoms with E-state index >= 15 is 0 Å². The van der Waals surface area contributed by atoms with Gasteiger partial charge in [0.1, 0.15) is 0 Å². The minimum atomic E-state index is -0.708. The minimum Gasteiger partial charge on any atom is -0.242 e. The summed E-state index contributed by atoms with van der Waals surface area (Å²) >= 11 is 0. The normalized spacial score (nSPS) is 9.46. The SMILES string of the molecule is Cc1ccccc1C.O=C(OOC(=O)c1ccccc1)c1ccccc1. The van der Waals surface area contributed by atoms with Crippen molar-refractivity contribution < 1.29 is 19.4 Å². The highest BCUT2D eigenvalue weighted by atomic mass is 17.2. The van der Waals surface area contributed by atoms with Gasteiger partial charge in [-0.05, 0) is 49.2 Å². The molecule has 4 heteroatoms. The number of hydrogen-bond acceptors (Lipinski definition) is 4. The highest BCUT2D eigenvalue weighted by Crippen LogP contribution is 2.05. The molecule has 0 unspecified atom stereocenters. The molecule has 0 amide bonds. The lowest BCUT2D eigenvalue weighted by Gasteiger charge is -2.02. The summed E-state index contributed by atoms with van der Waals surface area (Å²) in [7, 11) is 0. The Labute approximate surface area is 152 Å². The van der Waals surface area contributed by atoms with Crippen molar-refractivity contribution in [3.63, 3.8) is 0 Å². The molecule has 132 valence electrons. The van der Waals surface area contributed by atoms with Crippen LogP contribution in [0.3, 0.4) is 0 Å². The number of hydrogen-bond donors (Lipinski definition) is 0. The van der Waals surface area contributed by atoms with Crippen LogP contribution in [0.5, 0.6) is 0 Å². The predicted molar refractivity (Wildman–Crippen MR) is 99.6 cm³/mol. The third-order valence-corrected chi connectivity index (χ3v) is 3.64. The third kappa shape index (κ3) is 5.91. The van der Waals surface area contributed by atoms with Gasteiger partial charge in [0.05, 0.1) is 11.1 Å². The van der Waals surface area contributed by atoms with Gasteiger partial charge in [-0.3, -0.25) is 0 Å². The summed E-state index contributed by atoms with van der Waals surface area (Å²) in [5.41, 5.74) is 3.37. The lowest BCUT2D eigenvalue weighted by atomic mass is 10.1. The quantitative estimate of drug-likeness (QED) is 0.487. The van der Waals surface area contributed by atoms with E-state index in [0.29, 0.717) is 11.1 Å². The fourth-order valence-corrected chi connectivity index (χ4v) is 1.98. The van der Waals surface area contributed by atoms with Crippen molar-refractivity contribution in [1.82, 2.24) is 0 Å². The van der Waals surface area contributed by atoms with Gasteiger partial charge in [0.15, 0.2) is 0 Å². The Morgan fingerprint density at radius 1 is 0.538 bits per heavy atom. The zero-order valence-corrected chi connectivity index (χ0v) is 14.7. The van der Waals surface area contributed by atoms with Gasteiger partial charge < -0.3 is 0 Å². The molecular formula is C22H20O4. The van der Waals surface area contributed by atoms with Crippen molar-refractivity contribution in [2.24, 2.45) is 0 Å². The largest absolute Gasteiger partial charge is 0.386 e. The van der Waals surface area contributed by atoms with Gasteiger partial charge in [-0.25, -0.2) is 19.4 Å². The number of carbonyl (C=O) groups excluding carboxylic acids is 2. The second-order valence-electron chi connectivity index (χ2n) is 5.56. The van der Waals surface area contributed by atoms with Gasteiger partial charge >= 0.3 is 11.9 Å². The highest BCUT2D eigenvalue weighted by Gasteiger charge is 2.12. The van der Waals surface area contributed by atoms with E-state index in [1.54, 1.807) is 60.7 Å². The van der Waals surface area contributed by atoms with Crippen molar-refractivity contribution in [1.29, 1.82) is 0 Å². The Balaban J connectivity index is 0.000000254. The average molecular weight is 348 g/mol.